The largest absolute Gasteiger partial charge is 0.437 e. The summed E-state index contributed by atoms with van der Waals surface area (Å²) in [7, 11) is -15.8. The molecular formula is C57H131BrN4O6Si8. The Labute approximate surface area is 493 Å². The van der Waals surface area contributed by atoms with Crippen LogP contribution in [0, 0.1) is 0 Å². The fourth-order valence-corrected chi connectivity index (χ4v) is 44.5. The van der Waals surface area contributed by atoms with E-state index in [9.17, 15) is 0 Å². The molecule has 454 valence electrons. The van der Waals surface area contributed by atoms with Gasteiger partial charge in [0.05, 0.1) is 0 Å². The van der Waals surface area contributed by atoms with Crippen LogP contribution in [0.1, 0.15) is 88.9 Å². The molecule has 76 heavy (non-hydrogen) atoms. The van der Waals surface area contributed by atoms with Gasteiger partial charge in [-0.15, -0.1) is 0 Å². The Hall–Kier alpha value is -0.525. The predicted octanol–water partition coefficient (Wildman–Crippen LogP) is 18.3. The van der Waals surface area contributed by atoms with Crippen LogP contribution in [0.25, 0.3) is 0 Å². The van der Waals surface area contributed by atoms with Crippen molar-refractivity contribution in [2.75, 3.05) is 39.3 Å². The van der Waals surface area contributed by atoms with E-state index in [1.54, 1.807) is 0 Å². The van der Waals surface area contributed by atoms with Crippen LogP contribution in [-0.2, 0) is 43.1 Å². The number of nitrogens with two attached hydrogens (primary N) is 1. The first-order valence-electron chi connectivity index (χ1n) is 25.0. The monoisotopic (exact) mass is 1270 g/mol. The highest BCUT2D eigenvalue weighted by atomic mass is 79.9. The highest BCUT2D eigenvalue weighted by Gasteiger charge is 2.45. The highest BCUT2D eigenvalue weighted by molar-refractivity contribution is 9.08. The Balaban J connectivity index is -0.000000171. The van der Waals surface area contributed by atoms with Crippen molar-refractivity contribution in [1.29, 1.82) is 0 Å². The number of hydrogen-bond donors (Lipinski definition) is 3. The molecule has 0 saturated heterocycles. The Kier molecular flexibility index (Phi) is 53.4. The lowest BCUT2D eigenvalue weighted by molar-refractivity contribution is 0.259. The van der Waals surface area contributed by atoms with Gasteiger partial charge in [0, 0.05) is 44.6 Å². The van der Waals surface area contributed by atoms with Gasteiger partial charge in [0.2, 0.25) is 0 Å². The van der Waals surface area contributed by atoms with Crippen molar-refractivity contribution >= 4 is 83.4 Å². The molecule has 0 heterocycles. The second kappa shape index (κ2) is 44.1. The standard InChI is InChI=1S/C28H52N2O3Si4.C14H40N2O3Si4.C7H7Br.8CH4/c1-34(2,3)31-36(7,8)33-37(9,32-35(4,5)6)24-16-22-30(26-28-19-14-11-15-20-28)23-21-29-25-27-17-12-10-13-18-27;1-20(2,3)17-22(7,8)19-23(9,18-21(4,5)6)14-10-12-16-13-11-15;8-6-7-4-2-1-3-5-7;;;;;;;;/h10-15,17-20,29H,16,21-26H2,1-9H3;16H,10-15H2,1-9H3;1-5H,6H2;8*1H4. The molecule has 19 heteroatoms. The van der Waals surface area contributed by atoms with Gasteiger partial charge in [0.25, 0.3) is 0 Å². The van der Waals surface area contributed by atoms with Crippen LogP contribution in [0.3, 0.4) is 0 Å². The third-order valence-electron chi connectivity index (χ3n) is 9.51. The van der Waals surface area contributed by atoms with Crippen molar-refractivity contribution in [3.63, 3.8) is 0 Å². The fraction of sp³-hybridized carbons (Fsp3) is 0.684. The molecule has 0 aliphatic heterocycles. The average molecular weight is 1270 g/mol. The normalized spacial score (nSPS) is 13.1. The maximum absolute atomic E-state index is 6.90. The lowest BCUT2D eigenvalue weighted by atomic mass is 10.2. The molecule has 0 amide bonds. The van der Waals surface area contributed by atoms with E-state index in [1.165, 1.54) is 16.7 Å². The zero-order chi connectivity index (χ0) is 51.8. The molecule has 0 bridgehead atoms. The van der Waals surface area contributed by atoms with Gasteiger partial charge < -0.3 is 41.1 Å². The van der Waals surface area contributed by atoms with Crippen LogP contribution < -0.4 is 16.4 Å². The Bertz CT molecular complexity index is 1760. The summed E-state index contributed by atoms with van der Waals surface area (Å²) in [6.45, 7) is 47.5. The van der Waals surface area contributed by atoms with E-state index >= 15 is 0 Å². The SMILES string of the molecule is BrCc1ccccc1.C.C.C.C.C.C.C.C.C[Si](C)(C)O[Si](C)(C)O[Si](C)(CCCN(CCNCc1ccccc1)Cc1ccccc1)O[Si](C)(C)C.C[Si](C)(C)O[Si](C)(C)O[Si](C)(CCCNCCN)O[Si](C)(C)C. The molecule has 0 fully saturated rings. The summed E-state index contributed by atoms with van der Waals surface area (Å²) >= 11 is 3.36. The van der Waals surface area contributed by atoms with E-state index in [-0.39, 0.29) is 59.4 Å². The average Bonchev–Trinajstić information content (AvgIpc) is 3.17. The fourth-order valence-electron chi connectivity index (χ4n) is 8.23. The zero-order valence-electron chi connectivity index (χ0n) is 46.2. The zero-order valence-corrected chi connectivity index (χ0v) is 55.8. The third kappa shape index (κ3) is 50.4. The van der Waals surface area contributed by atoms with Gasteiger partial charge in [-0.1, -0.05) is 166 Å². The summed E-state index contributed by atoms with van der Waals surface area (Å²) in [5.74, 6) is 0. The molecule has 0 aliphatic rings. The summed E-state index contributed by atoms with van der Waals surface area (Å²) in [5.41, 5.74) is 9.53. The van der Waals surface area contributed by atoms with Crippen LogP contribution >= 0.6 is 15.9 Å². The van der Waals surface area contributed by atoms with E-state index in [2.05, 4.69) is 222 Å². The maximum Gasteiger partial charge on any atom is 0.315 e. The molecule has 3 rings (SSSR count). The Morgan fingerprint density at radius 1 is 0.408 bits per heavy atom. The number of benzene rings is 3. The van der Waals surface area contributed by atoms with Crippen molar-refractivity contribution in [1.82, 2.24) is 15.5 Å². The molecular weight excluding hydrogens is 1140 g/mol. The highest BCUT2D eigenvalue weighted by Crippen LogP contribution is 2.29. The topological polar surface area (TPSA) is 109 Å². The van der Waals surface area contributed by atoms with E-state index in [0.29, 0.717) is 6.54 Å². The minimum atomic E-state index is -2.38. The first kappa shape index (κ1) is 91.9. The lowest BCUT2D eigenvalue weighted by Crippen LogP contribution is -2.57. The Morgan fingerprint density at radius 2 is 0.763 bits per heavy atom. The number of nitrogens with zero attached hydrogens (tertiary/aromatic N) is 1. The smallest absolute Gasteiger partial charge is 0.315 e. The molecule has 2 unspecified atom stereocenters. The minimum Gasteiger partial charge on any atom is -0.437 e. The summed E-state index contributed by atoms with van der Waals surface area (Å²) in [6, 6.07) is 33.7. The van der Waals surface area contributed by atoms with Gasteiger partial charge >= 0.3 is 34.2 Å². The number of alkyl halides is 1. The molecule has 2 atom stereocenters. The molecule has 3 aromatic carbocycles. The van der Waals surface area contributed by atoms with Crippen LogP contribution in [0.5, 0.6) is 0 Å². The summed E-state index contributed by atoms with van der Waals surface area (Å²) in [4.78, 5) is 2.57. The van der Waals surface area contributed by atoms with Gasteiger partial charge in [0.15, 0.2) is 33.3 Å². The lowest BCUT2D eigenvalue weighted by Gasteiger charge is -2.41. The third-order valence-corrected chi connectivity index (χ3v) is 37.2. The van der Waals surface area contributed by atoms with Gasteiger partial charge in [-0.2, -0.15) is 0 Å². The van der Waals surface area contributed by atoms with Gasteiger partial charge in [0.1, 0.15) is 0 Å². The van der Waals surface area contributed by atoms with Gasteiger partial charge in [-0.05, 0) is 173 Å². The second-order valence-electron chi connectivity index (χ2n) is 22.9. The quantitative estimate of drug-likeness (QED) is 0.0339. The van der Waals surface area contributed by atoms with E-state index < -0.39 is 67.5 Å². The van der Waals surface area contributed by atoms with Crippen LogP contribution in [0.4, 0.5) is 0 Å². The van der Waals surface area contributed by atoms with Gasteiger partial charge in [-0.25, -0.2) is 0 Å². The predicted molar refractivity (Wildman–Crippen MR) is 372 cm³/mol. The molecule has 0 spiro atoms. The van der Waals surface area contributed by atoms with Crippen LogP contribution in [0.15, 0.2) is 91.0 Å². The van der Waals surface area contributed by atoms with Crippen molar-refractivity contribution < 1.29 is 24.7 Å². The minimum absolute atomic E-state index is 0. The van der Waals surface area contributed by atoms with E-state index in [4.69, 9.17) is 30.4 Å². The van der Waals surface area contributed by atoms with Crippen LogP contribution in [-0.4, -0.2) is 112 Å². The molecule has 0 radical (unpaired) electrons. The molecule has 0 aliphatic carbocycles. The summed E-state index contributed by atoms with van der Waals surface area (Å²) in [6.07, 6.45) is 2.13. The number of halogens is 1. The Morgan fingerprint density at radius 3 is 1.11 bits per heavy atom. The van der Waals surface area contributed by atoms with Gasteiger partial charge in [-0.3, -0.25) is 4.90 Å². The molecule has 3 aromatic rings. The van der Waals surface area contributed by atoms with Crippen molar-refractivity contribution in [2.45, 2.75) is 221 Å². The number of hydrogen-bond acceptors (Lipinski definition) is 10. The van der Waals surface area contributed by atoms with Crippen molar-refractivity contribution in [3.8, 4) is 0 Å². The van der Waals surface area contributed by atoms with E-state index in [0.717, 1.165) is 76.1 Å². The second-order valence-corrected chi connectivity index (χ2v) is 56.4. The maximum atomic E-state index is 6.90. The van der Waals surface area contributed by atoms with Crippen molar-refractivity contribution in [3.05, 3.63) is 108 Å². The number of nitrogens with one attached hydrogen (secondary N) is 2. The molecule has 10 nitrogen and oxygen atoms in total. The van der Waals surface area contributed by atoms with Crippen molar-refractivity contribution in [2.24, 2.45) is 5.73 Å². The molecule has 0 aromatic heterocycles. The molecule has 4 N–H and O–H groups in total. The molecule has 0 saturated carbocycles. The first-order chi connectivity index (χ1) is 31.3. The summed E-state index contributed by atoms with van der Waals surface area (Å²) in [5, 5.41) is 7.93. The van der Waals surface area contributed by atoms with E-state index in [1.807, 2.05) is 18.2 Å². The summed E-state index contributed by atoms with van der Waals surface area (Å²) < 4.78 is 39.8. The number of rotatable bonds is 30. The van der Waals surface area contributed by atoms with Crippen LogP contribution in [0.2, 0.25) is 130 Å². The first-order valence-corrected chi connectivity index (χ1v) is 50.4.